The van der Waals surface area contributed by atoms with Gasteiger partial charge in [-0.2, -0.15) is 0 Å². The molecule has 0 unspecified atom stereocenters. The zero-order valence-electron chi connectivity index (χ0n) is 12.3. The average Bonchev–Trinajstić information content (AvgIpc) is 2.97. The predicted molar refractivity (Wildman–Crippen MR) is 87.1 cm³/mol. The monoisotopic (exact) mass is 300 g/mol. The maximum Gasteiger partial charge on any atom is 0.257 e. The van der Waals surface area contributed by atoms with E-state index in [1.165, 1.54) is 5.56 Å². The van der Waals surface area contributed by atoms with Gasteiger partial charge in [-0.3, -0.25) is 9.36 Å². The third kappa shape index (κ3) is 3.05. The summed E-state index contributed by atoms with van der Waals surface area (Å²) in [6.45, 7) is 2.72. The van der Waals surface area contributed by atoms with E-state index >= 15 is 0 Å². The van der Waals surface area contributed by atoms with Crippen molar-refractivity contribution in [2.75, 3.05) is 5.75 Å². The van der Waals surface area contributed by atoms with Crippen LogP contribution in [0, 0.1) is 0 Å². The molecule has 0 saturated carbocycles. The lowest BCUT2D eigenvalue weighted by atomic mass is 10.2. The van der Waals surface area contributed by atoms with Gasteiger partial charge in [-0.15, -0.1) is 0 Å². The zero-order chi connectivity index (χ0) is 14.7. The van der Waals surface area contributed by atoms with E-state index in [-0.39, 0.29) is 5.56 Å². The van der Waals surface area contributed by atoms with Gasteiger partial charge in [0, 0.05) is 17.9 Å². The smallest absolute Gasteiger partial charge is 0.257 e. The number of fused-ring (bicyclic) bond motifs is 1. The molecule has 0 atom stereocenters. The molecule has 0 N–H and O–H groups in total. The Morgan fingerprint density at radius 1 is 1.24 bits per heavy atom. The number of nitrogens with zero attached hydrogens (tertiary/aromatic N) is 2. The van der Waals surface area contributed by atoms with Gasteiger partial charge in [-0.25, -0.2) is 4.98 Å². The minimum atomic E-state index is 0.183. The lowest BCUT2D eigenvalue weighted by Gasteiger charge is -2.12. The summed E-state index contributed by atoms with van der Waals surface area (Å²) in [5, 5.41) is 0.888. The summed E-state index contributed by atoms with van der Waals surface area (Å²) in [6, 6.07) is 10.5. The molecule has 3 rings (SSSR count). The van der Waals surface area contributed by atoms with Crippen LogP contribution in [0.25, 0.3) is 0 Å². The van der Waals surface area contributed by atoms with Crippen molar-refractivity contribution in [1.29, 1.82) is 0 Å². The van der Waals surface area contributed by atoms with Crippen molar-refractivity contribution in [3.8, 4) is 0 Å². The highest BCUT2D eigenvalue weighted by molar-refractivity contribution is 7.99. The molecule has 0 bridgehead atoms. The van der Waals surface area contributed by atoms with E-state index in [1.807, 2.05) is 17.6 Å². The third-order valence-corrected chi connectivity index (χ3v) is 4.91. The largest absolute Gasteiger partial charge is 0.288 e. The maximum absolute atomic E-state index is 12.5. The third-order valence-electron chi connectivity index (χ3n) is 3.93. The van der Waals surface area contributed by atoms with Gasteiger partial charge in [-0.1, -0.05) is 42.1 Å². The van der Waals surface area contributed by atoms with Crippen LogP contribution in [-0.2, 0) is 25.8 Å². The fourth-order valence-corrected chi connectivity index (χ4v) is 3.86. The first-order valence-electron chi connectivity index (χ1n) is 7.59. The minimum Gasteiger partial charge on any atom is -0.288 e. The number of hydrogen-bond donors (Lipinski definition) is 0. The number of hydrogen-bond acceptors (Lipinski definition) is 3. The molecule has 110 valence electrons. The SMILES string of the molecule is CCn1c(SCCc2ccccc2)nc2c(c1=O)CCC2. The van der Waals surface area contributed by atoms with Crippen LogP contribution in [0.3, 0.4) is 0 Å². The van der Waals surface area contributed by atoms with Gasteiger partial charge in [0.15, 0.2) is 5.16 Å². The van der Waals surface area contributed by atoms with E-state index < -0.39 is 0 Å². The van der Waals surface area contributed by atoms with Crippen LogP contribution in [0.2, 0.25) is 0 Å². The van der Waals surface area contributed by atoms with Gasteiger partial charge in [0.1, 0.15) is 0 Å². The summed E-state index contributed by atoms with van der Waals surface area (Å²) in [4.78, 5) is 17.2. The molecule has 4 heteroatoms. The van der Waals surface area contributed by atoms with E-state index in [2.05, 4.69) is 24.3 Å². The molecule has 0 fully saturated rings. The van der Waals surface area contributed by atoms with Crippen molar-refractivity contribution < 1.29 is 0 Å². The molecule has 1 aliphatic rings. The number of thioether (sulfide) groups is 1. The van der Waals surface area contributed by atoms with Gasteiger partial charge >= 0.3 is 0 Å². The van der Waals surface area contributed by atoms with Crippen molar-refractivity contribution in [2.24, 2.45) is 0 Å². The molecule has 21 heavy (non-hydrogen) atoms. The maximum atomic E-state index is 12.5. The molecule has 1 aromatic carbocycles. The summed E-state index contributed by atoms with van der Waals surface area (Å²) in [7, 11) is 0. The highest BCUT2D eigenvalue weighted by atomic mass is 32.2. The second-order valence-electron chi connectivity index (χ2n) is 5.31. The predicted octanol–water partition coefficient (Wildman–Crippen LogP) is 3.09. The summed E-state index contributed by atoms with van der Waals surface area (Å²) < 4.78 is 1.83. The van der Waals surface area contributed by atoms with E-state index in [4.69, 9.17) is 4.98 Å². The van der Waals surface area contributed by atoms with E-state index in [1.54, 1.807) is 11.8 Å². The topological polar surface area (TPSA) is 34.9 Å². The van der Waals surface area contributed by atoms with E-state index in [9.17, 15) is 4.79 Å². The van der Waals surface area contributed by atoms with Gasteiger partial charge in [0.2, 0.25) is 0 Å². The Hall–Kier alpha value is -1.55. The second-order valence-corrected chi connectivity index (χ2v) is 6.37. The average molecular weight is 300 g/mol. The van der Waals surface area contributed by atoms with E-state index in [0.717, 1.165) is 47.8 Å². The Kier molecular flexibility index (Phi) is 4.44. The summed E-state index contributed by atoms with van der Waals surface area (Å²) in [5.74, 6) is 0.954. The van der Waals surface area contributed by atoms with Crippen molar-refractivity contribution in [2.45, 2.75) is 44.3 Å². The normalized spacial score (nSPS) is 13.4. The Labute approximate surface area is 129 Å². The van der Waals surface area contributed by atoms with Crippen LogP contribution >= 0.6 is 11.8 Å². The number of benzene rings is 1. The second kappa shape index (κ2) is 6.48. The Morgan fingerprint density at radius 2 is 2.05 bits per heavy atom. The fraction of sp³-hybridized carbons (Fsp3) is 0.412. The van der Waals surface area contributed by atoms with Crippen LogP contribution in [-0.4, -0.2) is 15.3 Å². The molecule has 1 aliphatic carbocycles. The molecule has 0 spiro atoms. The van der Waals surface area contributed by atoms with Crippen molar-refractivity contribution in [3.63, 3.8) is 0 Å². The summed E-state index contributed by atoms with van der Waals surface area (Å²) in [5.41, 5.74) is 3.50. The molecule has 0 amide bonds. The summed E-state index contributed by atoms with van der Waals surface area (Å²) >= 11 is 1.70. The van der Waals surface area contributed by atoms with Crippen LogP contribution in [0.5, 0.6) is 0 Å². The molecule has 0 aliphatic heterocycles. The van der Waals surface area contributed by atoms with Crippen molar-refractivity contribution in [3.05, 3.63) is 57.5 Å². The Bertz CT molecular complexity index is 679. The lowest BCUT2D eigenvalue weighted by Crippen LogP contribution is -2.26. The molecule has 1 heterocycles. The summed E-state index contributed by atoms with van der Waals surface area (Å²) in [6.07, 6.45) is 3.93. The lowest BCUT2D eigenvalue weighted by molar-refractivity contribution is 0.611. The molecule has 2 aromatic rings. The van der Waals surface area contributed by atoms with Gasteiger partial charge in [-0.05, 0) is 38.2 Å². The van der Waals surface area contributed by atoms with Gasteiger partial charge in [0.25, 0.3) is 5.56 Å². The van der Waals surface area contributed by atoms with Gasteiger partial charge < -0.3 is 0 Å². The van der Waals surface area contributed by atoms with Crippen LogP contribution in [0.15, 0.2) is 40.3 Å². The Morgan fingerprint density at radius 3 is 2.81 bits per heavy atom. The van der Waals surface area contributed by atoms with E-state index in [0.29, 0.717) is 6.54 Å². The van der Waals surface area contributed by atoms with Crippen LogP contribution in [0.1, 0.15) is 30.2 Å². The Balaban J connectivity index is 1.76. The van der Waals surface area contributed by atoms with Gasteiger partial charge in [0.05, 0.1) is 5.69 Å². The molecule has 0 saturated heterocycles. The highest BCUT2D eigenvalue weighted by Gasteiger charge is 2.20. The number of aromatic nitrogens is 2. The number of aryl methyl sites for hydroxylation is 2. The minimum absolute atomic E-state index is 0.183. The number of rotatable bonds is 5. The quantitative estimate of drug-likeness (QED) is 0.629. The highest BCUT2D eigenvalue weighted by Crippen LogP contribution is 2.22. The zero-order valence-corrected chi connectivity index (χ0v) is 13.2. The molecular weight excluding hydrogens is 280 g/mol. The molecular formula is C17H20N2OS. The first-order valence-corrected chi connectivity index (χ1v) is 8.57. The molecule has 0 radical (unpaired) electrons. The first-order chi connectivity index (χ1) is 10.3. The van der Waals surface area contributed by atoms with Crippen LogP contribution in [0.4, 0.5) is 0 Å². The molecule has 3 nitrogen and oxygen atoms in total. The van der Waals surface area contributed by atoms with Crippen LogP contribution < -0.4 is 5.56 Å². The first kappa shape index (κ1) is 14.4. The standard InChI is InChI=1S/C17H20N2OS/c1-2-19-16(20)14-9-6-10-15(14)18-17(19)21-12-11-13-7-4-3-5-8-13/h3-5,7-8H,2,6,9-12H2,1H3. The van der Waals surface area contributed by atoms with Crippen molar-refractivity contribution >= 4 is 11.8 Å². The van der Waals surface area contributed by atoms with Crippen molar-refractivity contribution in [1.82, 2.24) is 9.55 Å². The fourth-order valence-electron chi connectivity index (χ4n) is 2.80. The molecule has 1 aromatic heterocycles.